The minimum absolute atomic E-state index is 0.0534. The minimum atomic E-state index is -0.232. The Morgan fingerprint density at radius 3 is 2.34 bits per heavy atom. The number of rotatable bonds is 6. The van der Waals surface area contributed by atoms with Gasteiger partial charge in [0.2, 0.25) is 0 Å². The Labute approximate surface area is 188 Å². The second kappa shape index (κ2) is 9.16. The Morgan fingerprint density at radius 1 is 0.875 bits per heavy atom. The highest BCUT2D eigenvalue weighted by molar-refractivity contribution is 5.76. The van der Waals surface area contributed by atoms with Gasteiger partial charge >= 0.3 is 6.03 Å². The van der Waals surface area contributed by atoms with Gasteiger partial charge in [-0.25, -0.2) is 13.6 Å². The van der Waals surface area contributed by atoms with Crippen molar-refractivity contribution in [2.24, 2.45) is 0 Å². The molecule has 2 aliphatic heterocycles. The van der Waals surface area contributed by atoms with Gasteiger partial charge in [0.25, 0.3) is 0 Å². The normalized spacial score (nSPS) is 24.1. The molecule has 2 atom stereocenters. The first kappa shape index (κ1) is 21.3. The average Bonchev–Trinajstić information content (AvgIpc) is 3.38. The molecular formula is C25H30F2N4O. The molecule has 2 fully saturated rings. The molecule has 2 aromatic carbocycles. The summed E-state index contributed by atoms with van der Waals surface area (Å²) in [5.74, 6) is -0.261. The number of fused-ring (bicyclic) bond motifs is 1. The zero-order valence-electron chi connectivity index (χ0n) is 18.3. The van der Waals surface area contributed by atoms with Crippen molar-refractivity contribution in [3.63, 3.8) is 0 Å². The molecule has 32 heavy (non-hydrogen) atoms. The van der Waals surface area contributed by atoms with E-state index < -0.39 is 0 Å². The standard InChI is InChI=1S/C25H30F2N4O/c26-19-4-2-18(3-5-19)22-17-24(23-16-20(27)6-7-21(22)23)30-14-12-29(13-15-30)9-1-10-31-11-8-28-25(31)32/h2-7,16,22,24H,1,8-15,17H2,(H,28,32). The fourth-order valence-corrected chi connectivity index (χ4v) is 5.49. The van der Waals surface area contributed by atoms with Gasteiger partial charge in [-0.05, 0) is 60.3 Å². The molecule has 0 aromatic heterocycles. The zero-order valence-corrected chi connectivity index (χ0v) is 18.3. The monoisotopic (exact) mass is 440 g/mol. The molecule has 2 saturated heterocycles. The third kappa shape index (κ3) is 4.36. The molecule has 0 saturated carbocycles. The smallest absolute Gasteiger partial charge is 0.317 e. The van der Waals surface area contributed by atoms with E-state index >= 15 is 0 Å². The SMILES string of the molecule is O=C1NCCN1CCCN1CCN(C2CC(c3ccc(F)cc3)c3ccc(F)cc32)CC1. The van der Waals surface area contributed by atoms with Crippen LogP contribution in [0.5, 0.6) is 0 Å². The van der Waals surface area contributed by atoms with E-state index in [0.29, 0.717) is 0 Å². The van der Waals surface area contributed by atoms with Crippen LogP contribution >= 0.6 is 0 Å². The maximum atomic E-state index is 14.1. The molecule has 2 aromatic rings. The van der Waals surface area contributed by atoms with Crippen molar-refractivity contribution in [2.45, 2.75) is 24.8 Å². The Balaban J connectivity index is 1.21. The Morgan fingerprint density at radius 2 is 1.62 bits per heavy atom. The maximum Gasteiger partial charge on any atom is 0.317 e. The van der Waals surface area contributed by atoms with Crippen LogP contribution in [-0.2, 0) is 0 Å². The molecule has 2 unspecified atom stereocenters. The number of amides is 2. The first-order valence-electron chi connectivity index (χ1n) is 11.6. The Bertz CT molecular complexity index is 959. The number of nitrogens with one attached hydrogen (secondary N) is 1. The number of halogens is 2. The van der Waals surface area contributed by atoms with E-state index in [4.69, 9.17) is 0 Å². The predicted octanol–water partition coefficient (Wildman–Crippen LogP) is 3.57. The highest BCUT2D eigenvalue weighted by Crippen LogP contribution is 2.47. The van der Waals surface area contributed by atoms with Crippen molar-refractivity contribution in [2.75, 3.05) is 52.4 Å². The molecule has 7 heteroatoms. The summed E-state index contributed by atoms with van der Waals surface area (Å²) in [6, 6.07) is 12.1. The fraction of sp³-hybridized carbons (Fsp3) is 0.480. The lowest BCUT2D eigenvalue weighted by atomic mass is 9.93. The van der Waals surface area contributed by atoms with Gasteiger partial charge in [0.05, 0.1) is 0 Å². The fourth-order valence-electron chi connectivity index (χ4n) is 5.49. The van der Waals surface area contributed by atoms with Crippen molar-refractivity contribution in [1.29, 1.82) is 0 Å². The summed E-state index contributed by atoms with van der Waals surface area (Å²) in [6.07, 6.45) is 1.88. The summed E-state index contributed by atoms with van der Waals surface area (Å²) >= 11 is 0. The number of carbonyl (C=O) groups excluding carboxylic acids is 1. The molecule has 2 heterocycles. The first-order chi connectivity index (χ1) is 15.6. The topological polar surface area (TPSA) is 38.8 Å². The molecule has 0 radical (unpaired) electrons. The molecule has 170 valence electrons. The first-order valence-corrected chi connectivity index (χ1v) is 11.6. The number of carbonyl (C=O) groups is 1. The van der Waals surface area contributed by atoms with Crippen LogP contribution in [0.25, 0.3) is 0 Å². The second-order valence-electron chi connectivity index (χ2n) is 9.08. The van der Waals surface area contributed by atoms with E-state index in [2.05, 4.69) is 15.1 Å². The van der Waals surface area contributed by atoms with Gasteiger partial charge in [0.15, 0.2) is 0 Å². The molecule has 3 aliphatic rings. The van der Waals surface area contributed by atoms with Crippen molar-refractivity contribution in [3.8, 4) is 0 Å². The van der Waals surface area contributed by atoms with Gasteiger partial charge in [0, 0.05) is 57.8 Å². The molecule has 5 nitrogen and oxygen atoms in total. The van der Waals surface area contributed by atoms with E-state index in [9.17, 15) is 13.6 Å². The quantitative estimate of drug-likeness (QED) is 0.747. The predicted molar refractivity (Wildman–Crippen MR) is 120 cm³/mol. The summed E-state index contributed by atoms with van der Waals surface area (Å²) in [7, 11) is 0. The molecule has 0 bridgehead atoms. The average molecular weight is 441 g/mol. The summed E-state index contributed by atoms with van der Waals surface area (Å²) < 4.78 is 27.6. The number of hydrogen-bond donors (Lipinski definition) is 1. The Kier molecular flexibility index (Phi) is 6.11. The highest BCUT2D eigenvalue weighted by atomic mass is 19.1. The van der Waals surface area contributed by atoms with Gasteiger partial charge in [-0.1, -0.05) is 18.2 Å². The summed E-state index contributed by atoms with van der Waals surface area (Å²) in [5.41, 5.74) is 3.33. The lowest BCUT2D eigenvalue weighted by molar-refractivity contribution is 0.0926. The van der Waals surface area contributed by atoms with Crippen LogP contribution in [0, 0.1) is 11.6 Å². The van der Waals surface area contributed by atoms with E-state index in [1.165, 1.54) is 18.2 Å². The third-order valence-corrected chi connectivity index (χ3v) is 7.21. The lowest BCUT2D eigenvalue weighted by Crippen LogP contribution is -2.47. The number of piperazine rings is 1. The van der Waals surface area contributed by atoms with E-state index in [-0.39, 0.29) is 29.6 Å². The van der Waals surface area contributed by atoms with Gasteiger partial charge in [0.1, 0.15) is 11.6 Å². The Hall–Kier alpha value is -2.51. The van der Waals surface area contributed by atoms with Crippen LogP contribution in [0.1, 0.15) is 41.5 Å². The third-order valence-electron chi connectivity index (χ3n) is 7.21. The lowest BCUT2D eigenvalue weighted by Gasteiger charge is -2.38. The minimum Gasteiger partial charge on any atom is -0.336 e. The van der Waals surface area contributed by atoms with Crippen LogP contribution in [0.3, 0.4) is 0 Å². The van der Waals surface area contributed by atoms with Gasteiger partial charge in [-0.3, -0.25) is 4.90 Å². The zero-order chi connectivity index (χ0) is 22.1. The second-order valence-corrected chi connectivity index (χ2v) is 9.08. The molecule has 2 amide bonds. The van der Waals surface area contributed by atoms with Gasteiger partial charge in [-0.2, -0.15) is 0 Å². The van der Waals surface area contributed by atoms with Crippen LogP contribution in [0.2, 0.25) is 0 Å². The van der Waals surface area contributed by atoms with Gasteiger partial charge < -0.3 is 15.1 Å². The summed E-state index contributed by atoms with van der Waals surface area (Å²) in [6.45, 7) is 7.21. The maximum absolute atomic E-state index is 14.1. The number of benzene rings is 2. The highest BCUT2D eigenvalue weighted by Gasteiger charge is 2.36. The summed E-state index contributed by atoms with van der Waals surface area (Å²) in [4.78, 5) is 18.5. The summed E-state index contributed by atoms with van der Waals surface area (Å²) in [5, 5.41) is 2.85. The van der Waals surface area contributed by atoms with Crippen molar-refractivity contribution in [1.82, 2.24) is 20.0 Å². The van der Waals surface area contributed by atoms with E-state index in [0.717, 1.165) is 81.9 Å². The van der Waals surface area contributed by atoms with Crippen LogP contribution in [-0.4, -0.2) is 73.1 Å². The van der Waals surface area contributed by atoms with E-state index in [1.807, 2.05) is 23.1 Å². The molecular weight excluding hydrogens is 410 g/mol. The van der Waals surface area contributed by atoms with Gasteiger partial charge in [-0.15, -0.1) is 0 Å². The molecule has 5 rings (SSSR count). The van der Waals surface area contributed by atoms with Crippen LogP contribution < -0.4 is 5.32 Å². The van der Waals surface area contributed by atoms with Crippen molar-refractivity contribution < 1.29 is 13.6 Å². The number of hydrogen-bond acceptors (Lipinski definition) is 3. The number of urea groups is 1. The van der Waals surface area contributed by atoms with Crippen molar-refractivity contribution in [3.05, 3.63) is 70.8 Å². The van der Waals surface area contributed by atoms with Crippen LogP contribution in [0.4, 0.5) is 13.6 Å². The molecule has 1 N–H and O–H groups in total. The number of nitrogens with zero attached hydrogens (tertiary/aromatic N) is 3. The molecule has 0 spiro atoms. The van der Waals surface area contributed by atoms with Crippen molar-refractivity contribution >= 4 is 6.03 Å². The van der Waals surface area contributed by atoms with Crippen LogP contribution in [0.15, 0.2) is 42.5 Å². The molecule has 1 aliphatic carbocycles. The largest absolute Gasteiger partial charge is 0.336 e. The van der Waals surface area contributed by atoms with E-state index in [1.54, 1.807) is 6.07 Å².